The third kappa shape index (κ3) is 1.89. The number of hydrogen-bond donors (Lipinski definition) is 2. The molecule has 1 aliphatic rings. The molecule has 0 saturated heterocycles. The third-order valence-corrected chi connectivity index (χ3v) is 3.34. The highest BCUT2D eigenvalue weighted by atomic mass is 16.3. The Labute approximate surface area is 98.3 Å². The van der Waals surface area contributed by atoms with Gasteiger partial charge in [-0.15, -0.1) is 0 Å². The number of aliphatic hydroxyl groups excluding tert-OH is 1. The molecular weight excluding hydrogens is 220 g/mol. The van der Waals surface area contributed by atoms with Crippen LogP contribution in [0.1, 0.15) is 19.4 Å². The Balaban J connectivity index is 2.41. The summed E-state index contributed by atoms with van der Waals surface area (Å²) >= 11 is 0. The quantitative estimate of drug-likeness (QED) is 0.706. The fourth-order valence-electron chi connectivity index (χ4n) is 2.38. The van der Waals surface area contributed by atoms with Crippen LogP contribution in [-0.2, 0) is 0 Å². The molecule has 0 aliphatic heterocycles. The van der Waals surface area contributed by atoms with Gasteiger partial charge in [-0.2, -0.15) is 10.2 Å². The Hall–Kier alpha value is -1.87. The molecule has 0 spiro atoms. The molecule has 1 aromatic heterocycles. The molecule has 17 heavy (non-hydrogen) atoms. The van der Waals surface area contributed by atoms with Crippen LogP contribution in [0, 0.1) is 23.2 Å². The van der Waals surface area contributed by atoms with Crippen molar-refractivity contribution in [2.75, 3.05) is 5.73 Å². The van der Waals surface area contributed by atoms with E-state index in [-0.39, 0.29) is 17.8 Å². The minimum absolute atomic E-state index is 0.00546. The van der Waals surface area contributed by atoms with Crippen molar-refractivity contribution in [3.63, 3.8) is 0 Å². The van der Waals surface area contributed by atoms with Gasteiger partial charge in [-0.1, -0.05) is 6.92 Å². The van der Waals surface area contributed by atoms with Crippen molar-refractivity contribution >= 4 is 5.82 Å². The summed E-state index contributed by atoms with van der Waals surface area (Å²) in [6, 6.07) is 3.26. The van der Waals surface area contributed by atoms with Crippen molar-refractivity contribution < 1.29 is 5.11 Å². The Kier molecular flexibility index (Phi) is 2.86. The highest BCUT2D eigenvalue weighted by Crippen LogP contribution is 2.38. The van der Waals surface area contributed by atoms with Gasteiger partial charge in [0.05, 0.1) is 24.1 Å². The molecule has 0 radical (unpaired) electrons. The molecule has 4 atom stereocenters. The first-order valence-electron chi connectivity index (χ1n) is 5.47. The zero-order valence-corrected chi connectivity index (χ0v) is 9.45. The Morgan fingerprint density at radius 1 is 1.71 bits per heavy atom. The summed E-state index contributed by atoms with van der Waals surface area (Å²) in [5.41, 5.74) is 4.93. The van der Waals surface area contributed by atoms with Crippen molar-refractivity contribution in [2.24, 2.45) is 11.8 Å². The van der Waals surface area contributed by atoms with E-state index in [9.17, 15) is 9.90 Å². The normalized spacial score (nSPS) is 32.3. The summed E-state index contributed by atoms with van der Waals surface area (Å²) in [5.74, 6) is -0.423. The van der Waals surface area contributed by atoms with Gasteiger partial charge >= 0.3 is 5.69 Å². The van der Waals surface area contributed by atoms with Crippen molar-refractivity contribution in [2.45, 2.75) is 25.5 Å². The topological polar surface area (TPSA) is 105 Å². The van der Waals surface area contributed by atoms with E-state index in [0.717, 1.165) is 0 Å². The number of hydrogen-bond acceptors (Lipinski definition) is 5. The predicted octanol–water partition coefficient (Wildman–Crippen LogP) is -0.0929. The number of rotatable bonds is 1. The largest absolute Gasteiger partial charge is 0.391 e. The molecule has 6 nitrogen and oxygen atoms in total. The van der Waals surface area contributed by atoms with Gasteiger partial charge < -0.3 is 10.8 Å². The molecule has 2 rings (SSSR count). The first kappa shape index (κ1) is 11.6. The average molecular weight is 234 g/mol. The third-order valence-electron chi connectivity index (χ3n) is 3.34. The van der Waals surface area contributed by atoms with E-state index >= 15 is 0 Å². The van der Waals surface area contributed by atoms with E-state index in [0.29, 0.717) is 6.42 Å². The molecule has 6 heteroatoms. The van der Waals surface area contributed by atoms with E-state index in [1.807, 2.05) is 6.92 Å². The second kappa shape index (κ2) is 4.18. The Bertz CT molecular complexity index is 519. The van der Waals surface area contributed by atoms with E-state index in [2.05, 4.69) is 11.1 Å². The van der Waals surface area contributed by atoms with Crippen molar-refractivity contribution in [3.05, 3.63) is 22.7 Å². The summed E-state index contributed by atoms with van der Waals surface area (Å²) in [4.78, 5) is 15.3. The van der Waals surface area contributed by atoms with Gasteiger partial charge in [0.2, 0.25) is 0 Å². The fourth-order valence-corrected chi connectivity index (χ4v) is 2.38. The van der Waals surface area contributed by atoms with Crippen LogP contribution in [0.15, 0.2) is 17.1 Å². The van der Waals surface area contributed by atoms with E-state index in [1.54, 1.807) is 0 Å². The van der Waals surface area contributed by atoms with Crippen molar-refractivity contribution in [3.8, 4) is 6.07 Å². The summed E-state index contributed by atoms with van der Waals surface area (Å²) in [7, 11) is 0. The summed E-state index contributed by atoms with van der Waals surface area (Å²) in [5, 5.41) is 18.9. The monoisotopic (exact) mass is 234 g/mol. The van der Waals surface area contributed by atoms with Crippen LogP contribution < -0.4 is 11.4 Å². The molecule has 1 heterocycles. The van der Waals surface area contributed by atoms with E-state index in [4.69, 9.17) is 11.0 Å². The molecular formula is C11H14N4O2. The lowest BCUT2D eigenvalue weighted by Gasteiger charge is -2.17. The van der Waals surface area contributed by atoms with Crippen LogP contribution in [0.25, 0.3) is 0 Å². The number of nitriles is 1. The number of aromatic nitrogens is 2. The molecule has 90 valence electrons. The lowest BCUT2D eigenvalue weighted by Crippen LogP contribution is -2.30. The minimum atomic E-state index is -0.700. The lowest BCUT2D eigenvalue weighted by atomic mass is 10.0. The zero-order chi connectivity index (χ0) is 12.6. The number of aliphatic hydroxyl groups is 1. The Morgan fingerprint density at radius 2 is 2.41 bits per heavy atom. The molecule has 1 aliphatic carbocycles. The average Bonchev–Trinajstić information content (AvgIpc) is 2.55. The molecule has 1 saturated carbocycles. The van der Waals surface area contributed by atoms with Gasteiger partial charge in [0.25, 0.3) is 0 Å². The van der Waals surface area contributed by atoms with Gasteiger partial charge in [0.15, 0.2) is 0 Å². The summed E-state index contributed by atoms with van der Waals surface area (Å²) in [6.07, 6.45) is 1.42. The second-order valence-corrected chi connectivity index (χ2v) is 4.47. The molecule has 3 N–H and O–H groups in total. The van der Waals surface area contributed by atoms with Crippen LogP contribution in [0.2, 0.25) is 0 Å². The number of anilines is 1. The van der Waals surface area contributed by atoms with Crippen molar-refractivity contribution in [1.29, 1.82) is 5.26 Å². The predicted molar refractivity (Wildman–Crippen MR) is 60.8 cm³/mol. The molecule has 0 amide bonds. The van der Waals surface area contributed by atoms with Gasteiger partial charge in [-0.05, 0) is 18.4 Å². The van der Waals surface area contributed by atoms with Crippen LogP contribution >= 0.6 is 0 Å². The van der Waals surface area contributed by atoms with Gasteiger partial charge in [0.1, 0.15) is 5.82 Å². The molecule has 0 bridgehead atoms. The van der Waals surface area contributed by atoms with Gasteiger partial charge in [-0.25, -0.2) is 4.79 Å². The maximum absolute atomic E-state index is 11.7. The maximum atomic E-state index is 11.7. The smallest absolute Gasteiger partial charge is 0.349 e. The van der Waals surface area contributed by atoms with Gasteiger partial charge in [0, 0.05) is 6.20 Å². The van der Waals surface area contributed by atoms with Crippen molar-refractivity contribution in [1.82, 2.24) is 9.55 Å². The first-order valence-corrected chi connectivity index (χ1v) is 5.47. The molecule has 1 unspecified atom stereocenters. The van der Waals surface area contributed by atoms with Crippen LogP contribution in [0.4, 0.5) is 5.82 Å². The Morgan fingerprint density at radius 3 is 3.00 bits per heavy atom. The molecule has 1 aromatic rings. The summed E-state index contributed by atoms with van der Waals surface area (Å²) < 4.78 is 1.39. The lowest BCUT2D eigenvalue weighted by molar-refractivity contribution is 0.112. The zero-order valence-electron chi connectivity index (χ0n) is 9.45. The van der Waals surface area contributed by atoms with E-state index < -0.39 is 17.7 Å². The highest BCUT2D eigenvalue weighted by Gasteiger charge is 2.41. The maximum Gasteiger partial charge on any atom is 0.349 e. The SMILES string of the molecule is C[C@H]1CC(n2ccc(N)nc2=O)[C@@H](C#N)[C@@H]1O. The highest BCUT2D eigenvalue weighted by molar-refractivity contribution is 5.24. The molecule has 1 fully saturated rings. The van der Waals surface area contributed by atoms with Gasteiger partial charge in [-0.3, -0.25) is 4.57 Å². The minimum Gasteiger partial charge on any atom is -0.391 e. The van der Waals surface area contributed by atoms with Crippen LogP contribution in [0.3, 0.4) is 0 Å². The molecule has 0 aromatic carbocycles. The fraction of sp³-hybridized carbons (Fsp3) is 0.545. The first-order chi connectivity index (χ1) is 8.04. The summed E-state index contributed by atoms with van der Waals surface area (Å²) in [6.45, 7) is 1.87. The standard InChI is InChI=1S/C11H14N4O2/c1-6-4-8(7(5-12)10(6)16)15-3-2-9(13)14-11(15)17/h2-3,6-8,10,16H,4H2,1H3,(H2,13,14,17)/t6-,7+,8?,10+/m0/s1. The second-order valence-electron chi connectivity index (χ2n) is 4.47. The van der Waals surface area contributed by atoms with Crippen LogP contribution in [-0.4, -0.2) is 20.8 Å². The number of nitrogens with zero attached hydrogens (tertiary/aromatic N) is 3. The van der Waals surface area contributed by atoms with Crippen LogP contribution in [0.5, 0.6) is 0 Å². The number of nitrogens with two attached hydrogens (primary N) is 1. The van der Waals surface area contributed by atoms with E-state index in [1.165, 1.54) is 16.8 Å². The number of nitrogen functional groups attached to an aromatic ring is 1.